The SMILES string of the molecule is CC(C(=O)NCC1=C(c2ccc(C(F)F)cn2)C[C@](c2ccc(OCCCC(F)(F)F)cc2)(C(F)(F)F)NC1=O)S(C)(=O)=O. The lowest BCUT2D eigenvalue weighted by Gasteiger charge is -2.41. The normalized spacial score (nSPS) is 18.7. The molecule has 17 heteroatoms. The number of pyridine rings is 1. The third-order valence-corrected chi connectivity index (χ3v) is 8.41. The maximum Gasteiger partial charge on any atom is 0.416 e. The van der Waals surface area contributed by atoms with Gasteiger partial charge in [-0.2, -0.15) is 26.3 Å². The number of hydrogen-bond acceptors (Lipinski definition) is 6. The van der Waals surface area contributed by atoms with Crippen molar-refractivity contribution in [1.82, 2.24) is 15.6 Å². The molecule has 1 aliphatic rings. The molecule has 44 heavy (non-hydrogen) atoms. The van der Waals surface area contributed by atoms with Gasteiger partial charge in [0.05, 0.1) is 12.3 Å². The van der Waals surface area contributed by atoms with Gasteiger partial charge in [-0.1, -0.05) is 12.1 Å². The molecule has 1 aromatic heterocycles. The number of carbonyl (C=O) groups is 2. The van der Waals surface area contributed by atoms with Gasteiger partial charge in [0.2, 0.25) is 11.8 Å². The van der Waals surface area contributed by atoms with E-state index >= 15 is 0 Å². The molecular weight excluding hydrogens is 630 g/mol. The number of nitrogens with zero attached hydrogens (tertiary/aromatic N) is 1. The van der Waals surface area contributed by atoms with Gasteiger partial charge < -0.3 is 15.4 Å². The van der Waals surface area contributed by atoms with E-state index < -0.39 is 87.3 Å². The third kappa shape index (κ3) is 8.24. The molecule has 0 radical (unpaired) electrons. The number of halogens is 8. The van der Waals surface area contributed by atoms with Crippen LogP contribution in [0.2, 0.25) is 0 Å². The van der Waals surface area contributed by atoms with Crippen LogP contribution in [0.15, 0.2) is 48.2 Å². The predicted octanol–water partition coefficient (Wildman–Crippen LogP) is 5.02. The van der Waals surface area contributed by atoms with Crippen molar-refractivity contribution < 1.29 is 57.9 Å². The lowest BCUT2D eigenvalue weighted by Crippen LogP contribution is -2.59. The van der Waals surface area contributed by atoms with Gasteiger partial charge in [-0.05, 0) is 48.7 Å². The minimum atomic E-state index is -5.16. The highest BCUT2D eigenvalue weighted by Crippen LogP contribution is 2.48. The van der Waals surface area contributed by atoms with Crippen LogP contribution in [0.4, 0.5) is 35.1 Å². The van der Waals surface area contributed by atoms with E-state index in [1.807, 2.05) is 5.32 Å². The average Bonchev–Trinajstić information content (AvgIpc) is 2.92. The van der Waals surface area contributed by atoms with Crippen LogP contribution in [0.1, 0.15) is 49.4 Å². The van der Waals surface area contributed by atoms with E-state index in [9.17, 15) is 53.1 Å². The van der Waals surface area contributed by atoms with Gasteiger partial charge in [-0.15, -0.1) is 0 Å². The smallest absolute Gasteiger partial charge is 0.416 e. The van der Waals surface area contributed by atoms with Crippen molar-refractivity contribution in [2.24, 2.45) is 0 Å². The van der Waals surface area contributed by atoms with Crippen LogP contribution in [-0.4, -0.2) is 62.2 Å². The minimum absolute atomic E-state index is 0.0289. The number of amides is 2. The Morgan fingerprint density at radius 3 is 2.23 bits per heavy atom. The summed E-state index contributed by atoms with van der Waals surface area (Å²) in [7, 11) is -3.86. The first kappa shape index (κ1) is 34.7. The van der Waals surface area contributed by atoms with Gasteiger partial charge in [-0.3, -0.25) is 14.6 Å². The molecule has 1 aliphatic heterocycles. The highest BCUT2D eigenvalue weighted by molar-refractivity contribution is 7.92. The number of benzene rings is 1. The maximum absolute atomic E-state index is 14.8. The molecule has 3 rings (SSSR count). The number of ether oxygens (including phenoxy) is 1. The Kier molecular flexibility index (Phi) is 10.3. The molecule has 0 spiro atoms. The predicted molar refractivity (Wildman–Crippen MR) is 141 cm³/mol. The van der Waals surface area contributed by atoms with E-state index in [1.54, 1.807) is 0 Å². The van der Waals surface area contributed by atoms with Crippen LogP contribution in [0, 0.1) is 0 Å². The lowest BCUT2D eigenvalue weighted by atomic mass is 9.77. The van der Waals surface area contributed by atoms with Gasteiger partial charge in [-0.25, -0.2) is 17.2 Å². The number of sulfone groups is 1. The van der Waals surface area contributed by atoms with E-state index in [0.717, 1.165) is 55.8 Å². The number of alkyl halides is 8. The molecule has 0 saturated carbocycles. The largest absolute Gasteiger partial charge is 0.494 e. The fraction of sp³-hybridized carbons (Fsp3) is 0.444. The van der Waals surface area contributed by atoms with Crippen molar-refractivity contribution in [3.63, 3.8) is 0 Å². The van der Waals surface area contributed by atoms with Crippen LogP contribution in [0.3, 0.4) is 0 Å². The summed E-state index contributed by atoms with van der Waals surface area (Å²) in [6.45, 7) is 0.000878. The fourth-order valence-electron chi connectivity index (χ4n) is 4.29. The third-order valence-electron chi connectivity index (χ3n) is 6.91. The number of hydrogen-bond donors (Lipinski definition) is 2. The molecule has 1 aromatic carbocycles. The summed E-state index contributed by atoms with van der Waals surface area (Å²) in [6.07, 6.45) is -13.5. The van der Waals surface area contributed by atoms with Crippen molar-refractivity contribution >= 4 is 27.2 Å². The molecule has 2 aromatic rings. The summed E-state index contributed by atoms with van der Waals surface area (Å²) in [4.78, 5) is 29.5. The Morgan fingerprint density at radius 1 is 1.09 bits per heavy atom. The molecule has 2 amide bonds. The molecule has 8 nitrogen and oxygen atoms in total. The molecule has 2 heterocycles. The Balaban J connectivity index is 2.02. The number of carbonyl (C=O) groups excluding carboxylic acids is 2. The van der Waals surface area contributed by atoms with Gasteiger partial charge >= 0.3 is 12.4 Å². The van der Waals surface area contributed by atoms with Crippen molar-refractivity contribution in [3.8, 4) is 5.75 Å². The first-order chi connectivity index (χ1) is 20.2. The molecule has 2 N–H and O–H groups in total. The maximum atomic E-state index is 14.8. The molecular formula is C27H27F8N3O5S. The summed E-state index contributed by atoms with van der Waals surface area (Å²) in [6, 6.07) is 6.02. The number of aromatic nitrogens is 1. The minimum Gasteiger partial charge on any atom is -0.494 e. The second-order valence-corrected chi connectivity index (χ2v) is 12.4. The summed E-state index contributed by atoms with van der Waals surface area (Å²) in [5.41, 5.74) is -5.17. The van der Waals surface area contributed by atoms with Gasteiger partial charge in [0, 0.05) is 43.0 Å². The highest BCUT2D eigenvalue weighted by atomic mass is 32.2. The van der Waals surface area contributed by atoms with E-state index in [0.29, 0.717) is 0 Å². The average molecular weight is 658 g/mol. The fourth-order valence-corrected chi connectivity index (χ4v) is 4.76. The number of nitrogens with one attached hydrogen (secondary N) is 2. The van der Waals surface area contributed by atoms with Gasteiger partial charge in [0.1, 0.15) is 11.0 Å². The summed E-state index contributed by atoms with van der Waals surface area (Å²) >= 11 is 0. The topological polar surface area (TPSA) is 114 Å². The summed E-state index contributed by atoms with van der Waals surface area (Å²) in [5.74, 6) is -2.37. The summed E-state index contributed by atoms with van der Waals surface area (Å²) < 4.78 is 136. The second kappa shape index (κ2) is 13.1. The first-order valence-corrected chi connectivity index (χ1v) is 14.8. The molecule has 0 bridgehead atoms. The van der Waals surface area contributed by atoms with Crippen molar-refractivity contribution in [2.75, 3.05) is 19.4 Å². The van der Waals surface area contributed by atoms with Crippen LogP contribution in [-0.2, 0) is 25.0 Å². The quantitative estimate of drug-likeness (QED) is 0.259. The standard InChI is InChI=1S/C27H27F8N3O5S/c1-15(44(2,41)42)23(39)37-14-20-19(21-9-4-16(13-36-21)22(28)29)12-25(27(33,34)35,38-24(20)40)17-5-7-18(8-6-17)43-11-3-10-26(30,31)32/h4-9,13,15,22H,3,10-12,14H2,1-2H3,(H,37,39)(H,38,40)/t15?,25-/m0/s1. The Labute approximate surface area is 246 Å². The van der Waals surface area contributed by atoms with E-state index in [4.69, 9.17) is 4.74 Å². The Hall–Kier alpha value is -3.76. The molecule has 0 fully saturated rings. The second-order valence-electron chi connectivity index (χ2n) is 10.0. The Bertz CT molecular complexity index is 1490. The zero-order valence-corrected chi connectivity index (χ0v) is 24.0. The van der Waals surface area contributed by atoms with E-state index in [-0.39, 0.29) is 30.0 Å². The monoisotopic (exact) mass is 657 g/mol. The van der Waals surface area contributed by atoms with E-state index in [1.165, 1.54) is 0 Å². The lowest BCUT2D eigenvalue weighted by molar-refractivity contribution is -0.201. The van der Waals surface area contributed by atoms with E-state index in [2.05, 4.69) is 10.3 Å². The number of rotatable bonds is 11. The molecule has 1 unspecified atom stereocenters. The molecule has 242 valence electrons. The van der Waals surface area contributed by atoms with Crippen molar-refractivity contribution in [1.29, 1.82) is 0 Å². The molecule has 0 saturated heterocycles. The highest BCUT2D eigenvalue weighted by Gasteiger charge is 2.59. The van der Waals surface area contributed by atoms with Crippen LogP contribution < -0.4 is 15.4 Å². The van der Waals surface area contributed by atoms with Crippen molar-refractivity contribution in [3.05, 3.63) is 65.0 Å². The molecule has 2 atom stereocenters. The van der Waals surface area contributed by atoms with Gasteiger partial charge in [0.25, 0.3) is 6.43 Å². The van der Waals surface area contributed by atoms with Crippen LogP contribution in [0.25, 0.3) is 5.57 Å². The van der Waals surface area contributed by atoms with Crippen LogP contribution in [0.5, 0.6) is 5.75 Å². The first-order valence-electron chi connectivity index (χ1n) is 12.9. The zero-order valence-electron chi connectivity index (χ0n) is 23.2. The molecule has 0 aliphatic carbocycles. The van der Waals surface area contributed by atoms with Crippen LogP contribution >= 0.6 is 0 Å². The van der Waals surface area contributed by atoms with Gasteiger partial charge in [0.15, 0.2) is 15.4 Å². The summed E-state index contributed by atoms with van der Waals surface area (Å²) in [5, 5.41) is 2.59. The van der Waals surface area contributed by atoms with Crippen molar-refractivity contribution in [2.45, 2.75) is 55.8 Å². The Morgan fingerprint density at radius 2 is 1.73 bits per heavy atom. The zero-order chi connectivity index (χ0) is 33.1.